The van der Waals surface area contributed by atoms with E-state index in [1.807, 2.05) is 0 Å². The zero-order valence-corrected chi connectivity index (χ0v) is 25.0. The lowest BCUT2D eigenvalue weighted by Crippen LogP contribution is -2.52. The number of fused-ring (bicyclic) bond motifs is 1. The maximum atomic E-state index is 14.8. The maximum absolute atomic E-state index is 14.8. The number of ether oxygens (including phenoxy) is 3. The highest BCUT2D eigenvalue weighted by Gasteiger charge is 2.58. The normalized spacial score (nSPS) is 19.4. The lowest BCUT2D eigenvalue weighted by atomic mass is 9.78. The fourth-order valence-electron chi connectivity index (χ4n) is 5.08. The SMILES string of the molecule is CC[C@@]1(C(N)=O)COc2c1cc([C@@](O)(CNC(=O)c1ccc(OC[C@@H](C)O)c(OC3CC3)c1)C(F)(F)F)nc2-c1ccc(F)cc1. The molecule has 2 aliphatic rings. The number of aliphatic hydroxyl groups is 2. The van der Waals surface area contributed by atoms with Crippen molar-refractivity contribution < 1.29 is 51.6 Å². The summed E-state index contributed by atoms with van der Waals surface area (Å²) in [4.78, 5) is 29.9. The summed E-state index contributed by atoms with van der Waals surface area (Å²) < 4.78 is 75.1. The van der Waals surface area contributed by atoms with Crippen LogP contribution in [0.3, 0.4) is 0 Å². The fraction of sp³-hybridized carbons (Fsp3) is 0.406. The van der Waals surface area contributed by atoms with Crippen molar-refractivity contribution in [1.29, 1.82) is 0 Å². The van der Waals surface area contributed by atoms with Crippen LogP contribution in [-0.4, -0.2) is 65.2 Å². The maximum Gasteiger partial charge on any atom is 0.424 e. The number of nitrogens with zero attached hydrogens (tertiary/aromatic N) is 1. The van der Waals surface area contributed by atoms with Gasteiger partial charge in [0.25, 0.3) is 5.91 Å². The predicted octanol–water partition coefficient (Wildman–Crippen LogP) is 3.89. The topological polar surface area (TPSA) is 153 Å². The third-order valence-electron chi connectivity index (χ3n) is 8.05. The zero-order valence-electron chi connectivity index (χ0n) is 25.0. The van der Waals surface area contributed by atoms with Crippen molar-refractivity contribution in [2.45, 2.75) is 62.5 Å². The minimum Gasteiger partial charge on any atom is -0.489 e. The van der Waals surface area contributed by atoms with Crippen LogP contribution in [0.2, 0.25) is 0 Å². The number of carbonyl (C=O) groups is 2. The second-order valence-corrected chi connectivity index (χ2v) is 11.5. The van der Waals surface area contributed by atoms with Gasteiger partial charge < -0.3 is 35.5 Å². The van der Waals surface area contributed by atoms with E-state index < -0.39 is 53.2 Å². The van der Waals surface area contributed by atoms with E-state index >= 15 is 0 Å². The van der Waals surface area contributed by atoms with Gasteiger partial charge in [-0.25, -0.2) is 9.37 Å². The molecule has 1 aliphatic heterocycles. The molecule has 1 fully saturated rings. The number of alkyl halides is 3. The van der Waals surface area contributed by atoms with Crippen molar-refractivity contribution in [2.24, 2.45) is 5.73 Å². The van der Waals surface area contributed by atoms with Crippen molar-refractivity contribution in [2.75, 3.05) is 19.8 Å². The molecule has 10 nitrogen and oxygen atoms in total. The van der Waals surface area contributed by atoms with E-state index in [0.717, 1.165) is 31.0 Å². The van der Waals surface area contributed by atoms with Crippen LogP contribution < -0.4 is 25.3 Å². The number of primary amides is 1. The zero-order chi connectivity index (χ0) is 33.4. The van der Waals surface area contributed by atoms with Crippen LogP contribution in [0, 0.1) is 5.82 Å². The lowest BCUT2D eigenvalue weighted by Gasteiger charge is -2.32. The van der Waals surface area contributed by atoms with Gasteiger partial charge in [0, 0.05) is 16.7 Å². The van der Waals surface area contributed by atoms with Gasteiger partial charge in [-0.2, -0.15) is 13.2 Å². The Bertz CT molecular complexity index is 1630. The molecular formula is C32H33F4N3O7. The van der Waals surface area contributed by atoms with Crippen molar-refractivity contribution in [3.05, 3.63) is 71.2 Å². The van der Waals surface area contributed by atoms with Gasteiger partial charge >= 0.3 is 6.18 Å². The molecule has 46 heavy (non-hydrogen) atoms. The van der Waals surface area contributed by atoms with E-state index in [1.54, 1.807) is 6.92 Å². The first-order valence-corrected chi connectivity index (χ1v) is 14.6. The van der Waals surface area contributed by atoms with Gasteiger partial charge in [-0.15, -0.1) is 0 Å². The van der Waals surface area contributed by atoms with Crippen molar-refractivity contribution >= 4 is 11.8 Å². The number of amides is 2. The molecule has 2 heterocycles. The van der Waals surface area contributed by atoms with Crippen molar-refractivity contribution in [1.82, 2.24) is 10.3 Å². The highest BCUT2D eigenvalue weighted by molar-refractivity contribution is 5.95. The first-order valence-electron chi connectivity index (χ1n) is 14.6. The molecule has 0 unspecified atom stereocenters. The third-order valence-corrected chi connectivity index (χ3v) is 8.05. The number of aliphatic hydroxyl groups excluding tert-OH is 1. The molecule has 1 saturated carbocycles. The van der Waals surface area contributed by atoms with Gasteiger partial charge in [-0.05, 0) is 74.7 Å². The monoisotopic (exact) mass is 647 g/mol. The number of hydrogen-bond acceptors (Lipinski definition) is 8. The molecule has 1 aliphatic carbocycles. The van der Waals surface area contributed by atoms with Crippen LogP contribution >= 0.6 is 0 Å². The Hall–Kier alpha value is -4.43. The number of aromatic nitrogens is 1. The average molecular weight is 648 g/mol. The minimum atomic E-state index is -5.37. The molecule has 0 radical (unpaired) electrons. The minimum absolute atomic E-state index is 0.0181. The van der Waals surface area contributed by atoms with E-state index in [2.05, 4.69) is 10.3 Å². The van der Waals surface area contributed by atoms with E-state index in [-0.39, 0.29) is 65.4 Å². The van der Waals surface area contributed by atoms with Crippen LogP contribution in [0.25, 0.3) is 11.3 Å². The summed E-state index contributed by atoms with van der Waals surface area (Å²) in [5, 5.41) is 23.0. The molecule has 5 N–H and O–H groups in total. The molecule has 1 aromatic heterocycles. The summed E-state index contributed by atoms with van der Waals surface area (Å²) >= 11 is 0. The fourth-order valence-corrected chi connectivity index (χ4v) is 5.08. The van der Waals surface area contributed by atoms with Gasteiger partial charge in [0.1, 0.15) is 35.9 Å². The van der Waals surface area contributed by atoms with Gasteiger partial charge in [-0.1, -0.05) is 6.92 Å². The molecule has 5 rings (SSSR count). The number of halogens is 4. The summed E-state index contributed by atoms with van der Waals surface area (Å²) in [7, 11) is 0. The van der Waals surface area contributed by atoms with Crippen LogP contribution in [0.4, 0.5) is 17.6 Å². The lowest BCUT2D eigenvalue weighted by molar-refractivity contribution is -0.265. The Kier molecular flexibility index (Phi) is 8.88. The highest BCUT2D eigenvalue weighted by Crippen LogP contribution is 2.49. The summed E-state index contributed by atoms with van der Waals surface area (Å²) in [6.07, 6.45) is -4.65. The van der Waals surface area contributed by atoms with Gasteiger partial charge in [-0.3, -0.25) is 9.59 Å². The Labute approximate surface area is 261 Å². The number of nitrogens with two attached hydrogens (primary N) is 1. The third kappa shape index (κ3) is 6.31. The van der Waals surface area contributed by atoms with Crippen LogP contribution in [0.5, 0.6) is 17.2 Å². The number of benzene rings is 2. The molecule has 246 valence electrons. The van der Waals surface area contributed by atoms with Crippen molar-refractivity contribution in [3.63, 3.8) is 0 Å². The molecule has 0 spiro atoms. The molecular weight excluding hydrogens is 614 g/mol. The number of hydrogen-bond donors (Lipinski definition) is 4. The Morgan fingerprint density at radius 3 is 2.43 bits per heavy atom. The second kappa shape index (κ2) is 12.4. The van der Waals surface area contributed by atoms with Crippen LogP contribution in [-0.2, 0) is 15.8 Å². The van der Waals surface area contributed by atoms with Crippen molar-refractivity contribution in [3.8, 4) is 28.5 Å². The number of carbonyl (C=O) groups excluding carboxylic acids is 2. The Morgan fingerprint density at radius 1 is 1.15 bits per heavy atom. The molecule has 0 bridgehead atoms. The van der Waals surface area contributed by atoms with Gasteiger partial charge in [0.15, 0.2) is 11.5 Å². The van der Waals surface area contributed by atoms with Crippen LogP contribution in [0.1, 0.15) is 54.7 Å². The van der Waals surface area contributed by atoms with Gasteiger partial charge in [0.05, 0.1) is 24.4 Å². The average Bonchev–Trinajstić information content (AvgIpc) is 3.74. The quantitative estimate of drug-likeness (QED) is 0.216. The van der Waals surface area contributed by atoms with E-state index in [1.165, 1.54) is 37.3 Å². The summed E-state index contributed by atoms with van der Waals surface area (Å²) in [5.41, 5.74) is -0.622. The Morgan fingerprint density at radius 2 is 1.85 bits per heavy atom. The largest absolute Gasteiger partial charge is 0.489 e. The molecule has 2 aromatic carbocycles. The number of pyridine rings is 1. The van der Waals surface area contributed by atoms with E-state index in [0.29, 0.717) is 0 Å². The predicted molar refractivity (Wildman–Crippen MR) is 156 cm³/mol. The number of nitrogens with one attached hydrogen (secondary N) is 1. The number of rotatable bonds is 12. The molecule has 3 atom stereocenters. The first-order chi connectivity index (χ1) is 21.7. The molecule has 3 aromatic rings. The Balaban J connectivity index is 1.52. The second-order valence-electron chi connectivity index (χ2n) is 11.5. The summed E-state index contributed by atoms with van der Waals surface area (Å²) in [6, 6.07) is 9.61. The highest BCUT2D eigenvalue weighted by atomic mass is 19.4. The first kappa shape index (κ1) is 32.9. The summed E-state index contributed by atoms with van der Waals surface area (Å²) in [5.74, 6) is -2.04. The van der Waals surface area contributed by atoms with Crippen LogP contribution in [0.15, 0.2) is 48.5 Å². The van der Waals surface area contributed by atoms with E-state index in [4.69, 9.17) is 19.9 Å². The molecule has 0 saturated heterocycles. The standard InChI is InChI=1S/C32H33F4N3O7/c1-3-30(29(37)42)16-45-27-22(30)13-25(39-26(27)18-4-7-20(33)8-5-18)31(43,32(34,35)36)15-38-28(41)19-6-11-23(44-14-17(2)40)24(12-19)46-21-9-10-21/h4-8,11-13,17,21,40,43H,3,9-10,14-16H2,1-2H3,(H2,37,42)(H,38,41)/t17-,30-,31+/m1/s1. The molecule has 14 heteroatoms. The van der Waals surface area contributed by atoms with E-state index in [9.17, 15) is 37.4 Å². The summed E-state index contributed by atoms with van der Waals surface area (Å²) in [6.45, 7) is 1.43. The molecule has 2 amide bonds. The van der Waals surface area contributed by atoms with Gasteiger partial charge in [0.2, 0.25) is 11.5 Å². The smallest absolute Gasteiger partial charge is 0.424 e.